The van der Waals surface area contributed by atoms with Crippen molar-refractivity contribution in [2.45, 2.75) is 57.6 Å². The lowest BCUT2D eigenvalue weighted by Gasteiger charge is -2.31. The van der Waals surface area contributed by atoms with E-state index in [1.165, 1.54) is 0 Å². The lowest BCUT2D eigenvalue weighted by Crippen LogP contribution is -2.54. The van der Waals surface area contributed by atoms with Crippen LogP contribution in [0.5, 0.6) is 0 Å². The molecule has 7 heteroatoms. The van der Waals surface area contributed by atoms with E-state index in [0.29, 0.717) is 10.8 Å². The topological polar surface area (TPSA) is 100 Å². The van der Waals surface area contributed by atoms with Crippen LogP contribution in [0, 0.1) is 0 Å². The van der Waals surface area contributed by atoms with Crippen LogP contribution in [-0.4, -0.2) is 34.7 Å². The zero-order valence-corrected chi connectivity index (χ0v) is 16.6. The van der Waals surface area contributed by atoms with Gasteiger partial charge in [-0.15, -0.1) is 0 Å². The van der Waals surface area contributed by atoms with Crippen LogP contribution < -0.4 is 16.2 Å². The van der Waals surface area contributed by atoms with Gasteiger partial charge in [-0.2, -0.15) is 0 Å². The van der Waals surface area contributed by atoms with Crippen molar-refractivity contribution in [3.05, 3.63) is 46.4 Å². The standard InChI is InChI=1S/C21H27N3O4/c1-20(2,3)28-19(27)22-13-21(10-6-7-11-21)24-18(26)16-12-14-8-4-5-9-15(14)17(25)23-16/h4-5,8-9,12H,6-7,10-11,13H2,1-3H3,(H,22,27)(H,23,25)(H,24,26). The Kier molecular flexibility index (Phi) is 5.45. The first-order chi connectivity index (χ1) is 13.2. The molecule has 0 spiro atoms. The number of hydrogen-bond donors (Lipinski definition) is 3. The van der Waals surface area contributed by atoms with Crippen LogP contribution >= 0.6 is 0 Å². The van der Waals surface area contributed by atoms with Crippen LogP contribution in [0.15, 0.2) is 35.1 Å². The highest BCUT2D eigenvalue weighted by Crippen LogP contribution is 2.29. The molecule has 1 saturated carbocycles. The Bertz CT molecular complexity index is 937. The number of benzene rings is 1. The summed E-state index contributed by atoms with van der Waals surface area (Å²) in [6.45, 7) is 5.69. The van der Waals surface area contributed by atoms with Gasteiger partial charge in [0.25, 0.3) is 11.5 Å². The summed E-state index contributed by atoms with van der Waals surface area (Å²) in [6.07, 6.45) is 2.93. The lowest BCUT2D eigenvalue weighted by atomic mass is 9.97. The number of carbonyl (C=O) groups is 2. The van der Waals surface area contributed by atoms with Crippen molar-refractivity contribution in [2.75, 3.05) is 6.54 Å². The molecule has 3 rings (SSSR count). The minimum absolute atomic E-state index is 0.215. The van der Waals surface area contributed by atoms with Gasteiger partial charge < -0.3 is 20.4 Å². The third-order valence-electron chi connectivity index (χ3n) is 4.91. The number of aromatic amines is 1. The van der Waals surface area contributed by atoms with Crippen molar-refractivity contribution in [3.63, 3.8) is 0 Å². The van der Waals surface area contributed by atoms with Gasteiger partial charge in [0.1, 0.15) is 11.3 Å². The molecule has 28 heavy (non-hydrogen) atoms. The Morgan fingerprint density at radius 1 is 1.18 bits per heavy atom. The van der Waals surface area contributed by atoms with E-state index in [0.717, 1.165) is 25.7 Å². The average molecular weight is 385 g/mol. The maximum atomic E-state index is 12.9. The van der Waals surface area contributed by atoms with Crippen LogP contribution in [0.25, 0.3) is 10.8 Å². The molecule has 0 aliphatic heterocycles. The van der Waals surface area contributed by atoms with Crippen molar-refractivity contribution in [3.8, 4) is 0 Å². The molecular formula is C21H27N3O4. The largest absolute Gasteiger partial charge is 0.444 e. The molecule has 0 atom stereocenters. The van der Waals surface area contributed by atoms with E-state index in [1.54, 1.807) is 45.0 Å². The predicted molar refractivity (Wildman–Crippen MR) is 107 cm³/mol. The Morgan fingerprint density at radius 3 is 2.54 bits per heavy atom. The molecule has 1 fully saturated rings. The number of alkyl carbamates (subject to hydrolysis) is 1. The van der Waals surface area contributed by atoms with Crippen molar-refractivity contribution in [1.82, 2.24) is 15.6 Å². The fourth-order valence-corrected chi connectivity index (χ4v) is 3.59. The van der Waals surface area contributed by atoms with E-state index in [-0.39, 0.29) is 23.7 Å². The third kappa shape index (κ3) is 4.71. The number of nitrogens with one attached hydrogen (secondary N) is 3. The monoisotopic (exact) mass is 385 g/mol. The van der Waals surface area contributed by atoms with Crippen molar-refractivity contribution < 1.29 is 14.3 Å². The van der Waals surface area contributed by atoms with Gasteiger partial charge in [-0.1, -0.05) is 31.0 Å². The molecule has 2 amide bonds. The quantitative estimate of drug-likeness (QED) is 0.753. The first-order valence-corrected chi connectivity index (χ1v) is 9.59. The molecule has 0 saturated heterocycles. The van der Waals surface area contributed by atoms with Gasteiger partial charge in [0, 0.05) is 11.9 Å². The second-order valence-corrected chi connectivity index (χ2v) is 8.40. The highest BCUT2D eigenvalue weighted by atomic mass is 16.6. The predicted octanol–water partition coefficient (Wildman–Crippen LogP) is 3.10. The van der Waals surface area contributed by atoms with Crippen molar-refractivity contribution in [2.24, 2.45) is 0 Å². The number of ether oxygens (including phenoxy) is 1. The van der Waals surface area contributed by atoms with Gasteiger partial charge in [-0.05, 0) is 51.1 Å². The number of fused-ring (bicyclic) bond motifs is 1. The summed E-state index contributed by atoms with van der Waals surface area (Å²) in [6, 6.07) is 8.81. The second-order valence-electron chi connectivity index (χ2n) is 8.40. The number of carbonyl (C=O) groups excluding carboxylic acids is 2. The third-order valence-corrected chi connectivity index (χ3v) is 4.91. The second kappa shape index (κ2) is 7.66. The van der Waals surface area contributed by atoms with Crippen LogP contribution in [0.1, 0.15) is 56.9 Å². The van der Waals surface area contributed by atoms with Crippen LogP contribution in [-0.2, 0) is 4.74 Å². The minimum atomic E-state index is -0.583. The number of pyridine rings is 1. The van der Waals surface area contributed by atoms with E-state index in [1.807, 2.05) is 6.07 Å². The van der Waals surface area contributed by atoms with Crippen molar-refractivity contribution >= 4 is 22.8 Å². The fourth-order valence-electron chi connectivity index (χ4n) is 3.59. The maximum absolute atomic E-state index is 12.9. The van der Waals surface area contributed by atoms with E-state index in [2.05, 4.69) is 15.6 Å². The van der Waals surface area contributed by atoms with Crippen LogP contribution in [0.2, 0.25) is 0 Å². The summed E-state index contributed by atoms with van der Waals surface area (Å²) in [5.74, 6) is -0.351. The number of aromatic nitrogens is 1. The zero-order valence-electron chi connectivity index (χ0n) is 16.6. The smallest absolute Gasteiger partial charge is 0.407 e. The van der Waals surface area contributed by atoms with Gasteiger partial charge in [0.05, 0.1) is 5.54 Å². The number of rotatable bonds is 4. The molecule has 2 aromatic rings. The Labute approximate surface area is 163 Å². The zero-order chi connectivity index (χ0) is 20.4. The van der Waals surface area contributed by atoms with Gasteiger partial charge in [-0.3, -0.25) is 9.59 Å². The molecule has 1 aliphatic carbocycles. The van der Waals surface area contributed by atoms with Gasteiger partial charge >= 0.3 is 6.09 Å². The average Bonchev–Trinajstić information content (AvgIpc) is 3.07. The maximum Gasteiger partial charge on any atom is 0.407 e. The molecule has 0 unspecified atom stereocenters. The van der Waals surface area contributed by atoms with Crippen LogP contribution in [0.4, 0.5) is 4.79 Å². The molecule has 1 aromatic heterocycles. The minimum Gasteiger partial charge on any atom is -0.444 e. The van der Waals surface area contributed by atoms with Gasteiger partial charge in [0.2, 0.25) is 0 Å². The SMILES string of the molecule is CC(C)(C)OC(=O)NCC1(NC(=O)c2cc3ccccc3c(=O)[nH]2)CCCC1. The summed E-state index contributed by atoms with van der Waals surface area (Å²) in [7, 11) is 0. The number of hydrogen-bond acceptors (Lipinski definition) is 4. The molecular weight excluding hydrogens is 358 g/mol. The van der Waals surface area contributed by atoms with Gasteiger partial charge in [0.15, 0.2) is 0 Å². The Balaban J connectivity index is 1.74. The van der Waals surface area contributed by atoms with E-state index in [4.69, 9.17) is 4.74 Å². The Morgan fingerprint density at radius 2 is 1.86 bits per heavy atom. The molecule has 150 valence electrons. The van der Waals surface area contributed by atoms with Crippen LogP contribution in [0.3, 0.4) is 0 Å². The lowest BCUT2D eigenvalue weighted by molar-refractivity contribution is 0.0504. The molecule has 1 aliphatic rings. The fraction of sp³-hybridized carbons (Fsp3) is 0.476. The number of amides is 2. The molecule has 0 bridgehead atoms. The summed E-state index contributed by atoms with van der Waals surface area (Å²) >= 11 is 0. The highest BCUT2D eigenvalue weighted by Gasteiger charge is 2.36. The first-order valence-electron chi connectivity index (χ1n) is 9.59. The van der Waals surface area contributed by atoms with E-state index in [9.17, 15) is 14.4 Å². The summed E-state index contributed by atoms with van der Waals surface area (Å²) in [5, 5.41) is 7.07. The van der Waals surface area contributed by atoms with Crippen molar-refractivity contribution in [1.29, 1.82) is 0 Å². The molecule has 3 N–H and O–H groups in total. The van der Waals surface area contributed by atoms with E-state index < -0.39 is 17.2 Å². The summed E-state index contributed by atoms with van der Waals surface area (Å²) in [4.78, 5) is 39.8. The number of H-pyrrole nitrogens is 1. The summed E-state index contributed by atoms with van der Waals surface area (Å²) in [5.41, 5.74) is -1.21. The molecule has 7 nitrogen and oxygen atoms in total. The molecule has 1 heterocycles. The normalized spacial score (nSPS) is 16.0. The molecule has 0 radical (unpaired) electrons. The molecule has 1 aromatic carbocycles. The summed E-state index contributed by atoms with van der Waals surface area (Å²) < 4.78 is 5.29. The Hall–Kier alpha value is -2.83. The van der Waals surface area contributed by atoms with E-state index >= 15 is 0 Å². The van der Waals surface area contributed by atoms with Gasteiger partial charge in [-0.25, -0.2) is 4.79 Å². The first kappa shape index (κ1) is 19.9. The highest BCUT2D eigenvalue weighted by molar-refractivity contribution is 5.96.